The summed E-state index contributed by atoms with van der Waals surface area (Å²) in [5, 5.41) is 19.5. The maximum Gasteiger partial charge on any atom is 0.314 e. The van der Waals surface area contributed by atoms with Gasteiger partial charge < -0.3 is 25.7 Å². The van der Waals surface area contributed by atoms with E-state index in [4.69, 9.17) is 5.73 Å². The summed E-state index contributed by atoms with van der Waals surface area (Å²) in [5.74, 6) is -0.257. The van der Waals surface area contributed by atoms with Crippen LogP contribution in [0.5, 0.6) is 5.75 Å². The lowest BCUT2D eigenvalue weighted by molar-refractivity contribution is -0.132. The molecule has 116 valence electrons. The van der Waals surface area contributed by atoms with Gasteiger partial charge in [0.1, 0.15) is 12.3 Å². The smallest absolute Gasteiger partial charge is 0.314 e. The van der Waals surface area contributed by atoms with Gasteiger partial charge in [0.2, 0.25) is 5.91 Å². The molecule has 7 nitrogen and oxygen atoms in total. The van der Waals surface area contributed by atoms with Crippen molar-refractivity contribution in [2.75, 3.05) is 26.7 Å². The molecule has 0 saturated heterocycles. The Morgan fingerprint density at radius 2 is 2.05 bits per heavy atom. The van der Waals surface area contributed by atoms with Gasteiger partial charge in [0.15, 0.2) is 0 Å². The first-order valence-electron chi connectivity index (χ1n) is 6.60. The number of carbonyl (C=O) groups excluding carboxylic acids is 2. The SMILES string of the molecule is CCN(C[C@@H](O)c1cccc(O)c1)C(=O)CN(C)C(N)=O. The molecule has 0 aliphatic heterocycles. The van der Waals surface area contributed by atoms with Crippen molar-refractivity contribution in [3.63, 3.8) is 0 Å². The Kier molecular flexibility index (Phi) is 5.98. The molecule has 4 N–H and O–H groups in total. The number of amides is 3. The van der Waals surface area contributed by atoms with E-state index in [1.54, 1.807) is 19.1 Å². The Hall–Kier alpha value is -2.28. The minimum Gasteiger partial charge on any atom is -0.508 e. The molecule has 0 heterocycles. The van der Waals surface area contributed by atoms with Crippen molar-refractivity contribution in [2.45, 2.75) is 13.0 Å². The number of likely N-dealkylation sites (N-methyl/N-ethyl adjacent to an activating group) is 2. The molecule has 1 atom stereocenters. The molecule has 1 aromatic rings. The first-order chi connectivity index (χ1) is 9.85. The third kappa shape index (κ3) is 4.96. The summed E-state index contributed by atoms with van der Waals surface area (Å²) in [6.45, 7) is 2.10. The minimum atomic E-state index is -0.917. The van der Waals surface area contributed by atoms with Crippen LogP contribution in [0.25, 0.3) is 0 Å². The molecule has 7 heteroatoms. The van der Waals surface area contributed by atoms with Gasteiger partial charge in [0.25, 0.3) is 0 Å². The van der Waals surface area contributed by atoms with Crippen molar-refractivity contribution in [1.82, 2.24) is 9.80 Å². The Morgan fingerprint density at radius 1 is 1.38 bits per heavy atom. The normalized spacial score (nSPS) is 11.8. The van der Waals surface area contributed by atoms with Crippen molar-refractivity contribution < 1.29 is 19.8 Å². The van der Waals surface area contributed by atoms with Gasteiger partial charge in [0, 0.05) is 13.6 Å². The maximum absolute atomic E-state index is 12.0. The fraction of sp³-hybridized carbons (Fsp3) is 0.429. The third-order valence-corrected chi connectivity index (χ3v) is 3.13. The van der Waals surface area contributed by atoms with Crippen molar-refractivity contribution in [1.29, 1.82) is 0 Å². The fourth-order valence-corrected chi connectivity index (χ4v) is 1.83. The van der Waals surface area contributed by atoms with E-state index >= 15 is 0 Å². The Balaban J connectivity index is 2.68. The van der Waals surface area contributed by atoms with Gasteiger partial charge in [-0.15, -0.1) is 0 Å². The van der Waals surface area contributed by atoms with E-state index in [1.807, 2.05) is 0 Å². The highest BCUT2D eigenvalue weighted by atomic mass is 16.3. The van der Waals surface area contributed by atoms with E-state index in [2.05, 4.69) is 0 Å². The van der Waals surface area contributed by atoms with Crippen LogP contribution in [0.15, 0.2) is 24.3 Å². The van der Waals surface area contributed by atoms with E-state index in [0.29, 0.717) is 12.1 Å². The highest BCUT2D eigenvalue weighted by Crippen LogP contribution is 2.19. The number of hydrogen-bond acceptors (Lipinski definition) is 4. The number of urea groups is 1. The zero-order valence-electron chi connectivity index (χ0n) is 12.2. The molecule has 0 spiro atoms. The number of phenolic OH excluding ortho intramolecular Hbond substituents is 1. The number of rotatable bonds is 6. The van der Waals surface area contributed by atoms with Crippen LogP contribution in [0.2, 0.25) is 0 Å². The monoisotopic (exact) mass is 295 g/mol. The first kappa shape index (κ1) is 16.8. The van der Waals surface area contributed by atoms with Crippen LogP contribution in [0.4, 0.5) is 4.79 Å². The van der Waals surface area contributed by atoms with Gasteiger partial charge in [0.05, 0.1) is 12.6 Å². The quantitative estimate of drug-likeness (QED) is 0.701. The molecule has 0 saturated carbocycles. The highest BCUT2D eigenvalue weighted by molar-refractivity contribution is 5.83. The molecule has 1 rings (SSSR count). The summed E-state index contributed by atoms with van der Waals surface area (Å²) >= 11 is 0. The molecular formula is C14H21N3O4. The predicted molar refractivity (Wildman–Crippen MR) is 77.5 cm³/mol. The highest BCUT2D eigenvalue weighted by Gasteiger charge is 2.19. The predicted octanol–water partition coefficient (Wildman–Crippen LogP) is 0.285. The Labute approximate surface area is 123 Å². The number of aliphatic hydroxyl groups is 1. The van der Waals surface area contributed by atoms with Crippen molar-refractivity contribution in [3.8, 4) is 5.75 Å². The zero-order valence-corrected chi connectivity index (χ0v) is 12.2. The second-order valence-corrected chi connectivity index (χ2v) is 4.74. The number of hydrogen-bond donors (Lipinski definition) is 3. The number of benzene rings is 1. The van der Waals surface area contributed by atoms with Gasteiger partial charge in [-0.1, -0.05) is 12.1 Å². The van der Waals surface area contributed by atoms with Crippen molar-refractivity contribution >= 4 is 11.9 Å². The van der Waals surface area contributed by atoms with Crippen LogP contribution in [0.1, 0.15) is 18.6 Å². The van der Waals surface area contributed by atoms with Crippen LogP contribution in [0, 0.1) is 0 Å². The van der Waals surface area contributed by atoms with Gasteiger partial charge in [-0.25, -0.2) is 4.79 Å². The number of nitrogens with two attached hydrogens (primary N) is 1. The van der Waals surface area contributed by atoms with Gasteiger partial charge >= 0.3 is 6.03 Å². The molecule has 0 unspecified atom stereocenters. The number of aromatic hydroxyl groups is 1. The molecule has 0 fully saturated rings. The summed E-state index contributed by atoms with van der Waals surface area (Å²) in [6.07, 6.45) is -0.917. The number of nitrogens with zero attached hydrogens (tertiary/aromatic N) is 2. The molecule has 1 aromatic carbocycles. The van der Waals surface area contributed by atoms with Gasteiger partial charge in [-0.3, -0.25) is 4.79 Å². The molecule has 0 aliphatic carbocycles. The number of phenols is 1. The van der Waals surface area contributed by atoms with E-state index in [9.17, 15) is 19.8 Å². The van der Waals surface area contributed by atoms with Crippen LogP contribution in [0.3, 0.4) is 0 Å². The molecule has 0 aliphatic rings. The average Bonchev–Trinajstić information content (AvgIpc) is 2.44. The van der Waals surface area contributed by atoms with Crippen LogP contribution in [-0.2, 0) is 4.79 Å². The number of carbonyl (C=O) groups is 2. The minimum absolute atomic E-state index is 0.0504. The van der Waals surface area contributed by atoms with E-state index in [1.165, 1.54) is 24.1 Å². The summed E-state index contributed by atoms with van der Waals surface area (Å²) in [7, 11) is 1.43. The second-order valence-electron chi connectivity index (χ2n) is 4.74. The summed E-state index contributed by atoms with van der Waals surface area (Å²) in [5.41, 5.74) is 5.59. The van der Waals surface area contributed by atoms with Crippen LogP contribution < -0.4 is 5.73 Å². The third-order valence-electron chi connectivity index (χ3n) is 3.13. The summed E-state index contributed by atoms with van der Waals surface area (Å²) < 4.78 is 0. The van der Waals surface area contributed by atoms with Gasteiger partial charge in [-0.2, -0.15) is 0 Å². The molecule has 21 heavy (non-hydrogen) atoms. The summed E-state index contributed by atoms with van der Waals surface area (Å²) in [4.78, 5) is 25.5. The molecular weight excluding hydrogens is 274 g/mol. The molecule has 3 amide bonds. The molecule has 0 aromatic heterocycles. The van der Waals surface area contributed by atoms with E-state index in [0.717, 1.165) is 4.90 Å². The molecule has 0 bridgehead atoms. The Morgan fingerprint density at radius 3 is 2.57 bits per heavy atom. The second kappa shape index (κ2) is 7.49. The lowest BCUT2D eigenvalue weighted by Crippen LogP contribution is -2.44. The number of aliphatic hydroxyl groups excluding tert-OH is 1. The van der Waals surface area contributed by atoms with E-state index < -0.39 is 12.1 Å². The summed E-state index contributed by atoms with van der Waals surface area (Å²) in [6, 6.07) is 5.54. The van der Waals surface area contributed by atoms with E-state index in [-0.39, 0.29) is 24.7 Å². The van der Waals surface area contributed by atoms with Crippen LogP contribution >= 0.6 is 0 Å². The Bertz CT molecular complexity index is 507. The standard InChI is InChI=1S/C14H21N3O4/c1-3-17(13(20)9-16(2)14(15)21)8-12(19)10-5-4-6-11(18)7-10/h4-7,12,18-19H,3,8-9H2,1-2H3,(H2,15,21)/t12-/m1/s1. The van der Waals surface area contributed by atoms with Crippen LogP contribution in [-0.4, -0.2) is 58.6 Å². The largest absolute Gasteiger partial charge is 0.508 e. The maximum atomic E-state index is 12.0. The lowest BCUT2D eigenvalue weighted by Gasteiger charge is -2.26. The average molecular weight is 295 g/mol. The van der Waals surface area contributed by atoms with Gasteiger partial charge in [-0.05, 0) is 24.6 Å². The fourth-order valence-electron chi connectivity index (χ4n) is 1.83. The van der Waals surface area contributed by atoms with Crippen molar-refractivity contribution in [3.05, 3.63) is 29.8 Å². The van der Waals surface area contributed by atoms with Crippen molar-refractivity contribution in [2.24, 2.45) is 5.73 Å². The lowest BCUT2D eigenvalue weighted by atomic mass is 10.1. The zero-order chi connectivity index (χ0) is 16.0. The first-order valence-corrected chi connectivity index (χ1v) is 6.60. The molecule has 0 radical (unpaired) electrons. The topological polar surface area (TPSA) is 107 Å². The number of primary amides is 1.